The van der Waals surface area contributed by atoms with E-state index in [0.717, 1.165) is 38.5 Å². The van der Waals surface area contributed by atoms with E-state index >= 15 is 0 Å². The Morgan fingerprint density at radius 2 is 1.68 bits per heavy atom. The quantitative estimate of drug-likeness (QED) is 0.687. The van der Waals surface area contributed by atoms with Crippen molar-refractivity contribution in [2.75, 3.05) is 0 Å². The molecule has 2 heteroatoms. The van der Waals surface area contributed by atoms with E-state index in [1.807, 2.05) is 6.08 Å². The maximum atomic E-state index is 12.7. The summed E-state index contributed by atoms with van der Waals surface area (Å²) >= 11 is 0. The number of hydrogen-bond acceptors (Lipinski definition) is 2. The van der Waals surface area contributed by atoms with Crippen molar-refractivity contribution in [2.45, 2.75) is 58.8 Å². The summed E-state index contributed by atoms with van der Waals surface area (Å²) in [5.74, 6) is 2.27. The molecule has 0 aromatic heterocycles. The SMILES string of the molecule is C[C@]12CCC(=O)C=C1C(Cc1ccccc1)=CC1C2CC[C@]2(C)C(=O)CCC12. The number of benzene rings is 1. The van der Waals surface area contributed by atoms with Crippen LogP contribution in [0.15, 0.2) is 53.6 Å². The molecular weight excluding hydrogens is 344 g/mol. The van der Waals surface area contributed by atoms with Gasteiger partial charge in [0.1, 0.15) is 5.78 Å². The van der Waals surface area contributed by atoms with Gasteiger partial charge in [-0.1, -0.05) is 50.3 Å². The van der Waals surface area contributed by atoms with Gasteiger partial charge in [0.2, 0.25) is 0 Å². The van der Waals surface area contributed by atoms with Crippen molar-refractivity contribution in [3.05, 3.63) is 59.2 Å². The molecule has 28 heavy (non-hydrogen) atoms. The number of rotatable bonds is 2. The molecule has 2 saturated carbocycles. The van der Waals surface area contributed by atoms with E-state index in [-0.39, 0.29) is 16.6 Å². The molecule has 0 aliphatic heterocycles. The minimum Gasteiger partial charge on any atom is -0.299 e. The summed E-state index contributed by atoms with van der Waals surface area (Å²) in [6.07, 6.45) is 10.9. The van der Waals surface area contributed by atoms with Crippen molar-refractivity contribution in [1.82, 2.24) is 0 Å². The molecule has 0 N–H and O–H groups in total. The Balaban J connectivity index is 1.62. The Labute approximate surface area is 168 Å². The number of hydrogen-bond donors (Lipinski definition) is 0. The van der Waals surface area contributed by atoms with Crippen molar-refractivity contribution < 1.29 is 9.59 Å². The first-order chi connectivity index (χ1) is 13.4. The van der Waals surface area contributed by atoms with Crippen molar-refractivity contribution in [3.8, 4) is 0 Å². The van der Waals surface area contributed by atoms with Gasteiger partial charge >= 0.3 is 0 Å². The van der Waals surface area contributed by atoms with E-state index in [1.54, 1.807) is 0 Å². The largest absolute Gasteiger partial charge is 0.299 e. The highest BCUT2D eigenvalue weighted by atomic mass is 16.1. The van der Waals surface area contributed by atoms with Gasteiger partial charge in [0, 0.05) is 18.3 Å². The third-order valence-electron chi connectivity index (χ3n) is 8.65. The number of carbonyl (C=O) groups excluding carboxylic acids is 2. The molecule has 5 atom stereocenters. The van der Waals surface area contributed by atoms with Gasteiger partial charge in [-0.05, 0) is 78.1 Å². The van der Waals surface area contributed by atoms with Gasteiger partial charge in [-0.25, -0.2) is 0 Å². The predicted molar refractivity (Wildman–Crippen MR) is 111 cm³/mol. The van der Waals surface area contributed by atoms with E-state index in [4.69, 9.17) is 0 Å². The second kappa shape index (κ2) is 6.27. The van der Waals surface area contributed by atoms with Crippen LogP contribution in [0, 0.1) is 28.6 Å². The molecule has 4 aliphatic carbocycles. The Hall–Kier alpha value is -1.96. The molecule has 0 bridgehead atoms. The first-order valence-corrected chi connectivity index (χ1v) is 11.0. The molecule has 0 spiro atoms. The second-order valence-corrected chi connectivity index (χ2v) is 10.0. The number of Topliss-reactive ketones (excluding diaryl/α,β-unsaturated/α-hetero) is 1. The summed E-state index contributed by atoms with van der Waals surface area (Å²) in [6, 6.07) is 10.6. The van der Waals surface area contributed by atoms with Crippen molar-refractivity contribution in [3.63, 3.8) is 0 Å². The fourth-order valence-corrected chi connectivity index (χ4v) is 7.00. The highest BCUT2D eigenvalue weighted by Gasteiger charge is 2.58. The van der Waals surface area contributed by atoms with Crippen LogP contribution >= 0.6 is 0 Å². The van der Waals surface area contributed by atoms with E-state index in [9.17, 15) is 9.59 Å². The fraction of sp³-hybridized carbons (Fsp3) is 0.538. The predicted octanol–water partition coefficient (Wildman–Crippen LogP) is 5.48. The summed E-state index contributed by atoms with van der Waals surface area (Å²) in [5.41, 5.74) is 3.88. The maximum Gasteiger partial charge on any atom is 0.156 e. The Bertz CT molecular complexity index is 892. The highest BCUT2D eigenvalue weighted by Crippen LogP contribution is 2.63. The van der Waals surface area contributed by atoms with Gasteiger partial charge in [-0.3, -0.25) is 9.59 Å². The van der Waals surface area contributed by atoms with Crippen molar-refractivity contribution >= 4 is 11.6 Å². The average molecular weight is 375 g/mol. The van der Waals surface area contributed by atoms with Crippen LogP contribution in [0.2, 0.25) is 0 Å². The minimum absolute atomic E-state index is 0.0738. The molecular formula is C26H30O2. The third-order valence-corrected chi connectivity index (χ3v) is 8.65. The van der Waals surface area contributed by atoms with Crippen LogP contribution in [0.1, 0.15) is 57.9 Å². The number of fused-ring (bicyclic) bond motifs is 5. The van der Waals surface area contributed by atoms with Gasteiger partial charge in [0.15, 0.2) is 5.78 Å². The normalized spacial score (nSPS) is 39.6. The Morgan fingerprint density at radius 3 is 2.46 bits per heavy atom. The lowest BCUT2D eigenvalue weighted by Crippen LogP contribution is -2.50. The standard InChI is InChI=1S/C26H30O2/c1-25-12-10-19(27)16-23(25)18(14-17-6-4-3-5-7-17)15-20-21-8-9-24(28)26(21,2)13-11-22(20)25/h3-7,15-16,20-22H,8-14H2,1-2H3/t20?,21?,22?,25-,26+/m1/s1. The molecule has 0 heterocycles. The molecule has 0 radical (unpaired) electrons. The van der Waals surface area contributed by atoms with Gasteiger partial charge in [-0.15, -0.1) is 0 Å². The van der Waals surface area contributed by atoms with Crippen LogP contribution in [0.4, 0.5) is 0 Å². The zero-order chi connectivity index (χ0) is 19.5. The monoisotopic (exact) mass is 374 g/mol. The smallest absolute Gasteiger partial charge is 0.156 e. The van der Waals surface area contributed by atoms with E-state index in [0.29, 0.717) is 30.0 Å². The molecule has 3 unspecified atom stereocenters. The molecule has 5 rings (SSSR count). The van der Waals surface area contributed by atoms with E-state index < -0.39 is 0 Å². The van der Waals surface area contributed by atoms with E-state index in [2.05, 4.69) is 50.3 Å². The zero-order valence-corrected chi connectivity index (χ0v) is 17.0. The summed E-state index contributed by atoms with van der Waals surface area (Å²) in [7, 11) is 0. The maximum absolute atomic E-state index is 12.7. The van der Waals surface area contributed by atoms with Crippen LogP contribution in [-0.4, -0.2) is 11.6 Å². The summed E-state index contributed by atoms with van der Waals surface area (Å²) < 4.78 is 0. The molecule has 2 nitrogen and oxygen atoms in total. The lowest BCUT2D eigenvalue weighted by atomic mass is 9.48. The molecule has 2 fully saturated rings. The summed E-state index contributed by atoms with van der Waals surface area (Å²) in [4.78, 5) is 25.1. The average Bonchev–Trinajstić information content (AvgIpc) is 2.99. The molecule has 1 aromatic rings. The topological polar surface area (TPSA) is 34.1 Å². The van der Waals surface area contributed by atoms with Crippen molar-refractivity contribution in [1.29, 1.82) is 0 Å². The van der Waals surface area contributed by atoms with Crippen molar-refractivity contribution in [2.24, 2.45) is 28.6 Å². The Kier molecular flexibility index (Phi) is 4.05. The highest BCUT2D eigenvalue weighted by molar-refractivity contribution is 5.93. The summed E-state index contributed by atoms with van der Waals surface area (Å²) in [5, 5.41) is 0. The molecule has 4 aliphatic rings. The van der Waals surface area contributed by atoms with Gasteiger partial charge in [0.25, 0.3) is 0 Å². The fourth-order valence-electron chi connectivity index (χ4n) is 7.00. The Morgan fingerprint density at radius 1 is 0.929 bits per heavy atom. The minimum atomic E-state index is -0.127. The lowest BCUT2D eigenvalue weighted by Gasteiger charge is -2.55. The number of allylic oxidation sites excluding steroid dienone is 4. The molecule has 146 valence electrons. The van der Waals surface area contributed by atoms with Crippen LogP contribution < -0.4 is 0 Å². The van der Waals surface area contributed by atoms with Gasteiger partial charge in [-0.2, -0.15) is 0 Å². The van der Waals surface area contributed by atoms with Crippen LogP contribution in [0.3, 0.4) is 0 Å². The van der Waals surface area contributed by atoms with Crippen LogP contribution in [-0.2, 0) is 16.0 Å². The van der Waals surface area contributed by atoms with Crippen LogP contribution in [0.5, 0.6) is 0 Å². The lowest BCUT2D eigenvalue weighted by molar-refractivity contribution is -0.130. The first kappa shape index (κ1) is 18.1. The number of ketones is 2. The van der Waals surface area contributed by atoms with Gasteiger partial charge < -0.3 is 0 Å². The number of carbonyl (C=O) groups is 2. The van der Waals surface area contributed by atoms with E-state index in [1.165, 1.54) is 16.7 Å². The third kappa shape index (κ3) is 2.53. The van der Waals surface area contributed by atoms with Crippen LogP contribution in [0.25, 0.3) is 0 Å². The second-order valence-electron chi connectivity index (χ2n) is 10.0. The van der Waals surface area contributed by atoms with Gasteiger partial charge in [0.05, 0.1) is 0 Å². The zero-order valence-electron chi connectivity index (χ0n) is 17.0. The summed E-state index contributed by atoms with van der Waals surface area (Å²) in [6.45, 7) is 4.63. The first-order valence-electron chi connectivity index (χ1n) is 11.0. The molecule has 1 aromatic carbocycles. The molecule has 0 amide bonds. The molecule has 0 saturated heterocycles.